The maximum Gasteiger partial charge on any atom is 0.0471 e. The second-order valence-corrected chi connectivity index (χ2v) is 9.92. The molecule has 0 saturated heterocycles. The number of hydrogen-bond acceptors (Lipinski definition) is 0. The van der Waals surface area contributed by atoms with Gasteiger partial charge in [-0.05, 0) is 10.8 Å². The second kappa shape index (κ2) is 4.72. The van der Waals surface area contributed by atoms with Crippen molar-refractivity contribution in [3.8, 4) is 0 Å². The zero-order valence-electron chi connectivity index (χ0n) is 6.71. The normalized spacial score (nSPS) is 12.0. The number of rotatable bonds is 4. The molecule has 0 spiro atoms. The third kappa shape index (κ3) is 5.39. The average Bonchev–Trinajstić information content (AvgIpc) is 1.84. The zero-order chi connectivity index (χ0) is 7.33. The van der Waals surface area contributed by atoms with Gasteiger partial charge in [0.2, 0.25) is 0 Å². The fourth-order valence-electron chi connectivity index (χ4n) is 0.722. The molecule has 0 atom stereocenters. The molecule has 56 valence electrons. The van der Waals surface area contributed by atoms with Gasteiger partial charge in [0.15, 0.2) is 0 Å². The van der Waals surface area contributed by atoms with E-state index in [-0.39, 0.29) is 0 Å². The maximum atomic E-state index is 2.49. The minimum absolute atomic E-state index is 0.703. The molecule has 0 aliphatic rings. The van der Waals surface area contributed by atoms with Crippen LogP contribution in [0.2, 0.25) is 25.2 Å². The molecule has 0 aliphatic carbocycles. The molecule has 0 amide bonds. The van der Waals surface area contributed by atoms with Crippen molar-refractivity contribution in [2.24, 2.45) is 0 Å². The lowest BCUT2D eigenvalue weighted by Crippen LogP contribution is -2.23. The first-order valence-electron chi connectivity index (χ1n) is 3.68. The highest BCUT2D eigenvalue weighted by Crippen LogP contribution is 2.16. The van der Waals surface area contributed by atoms with Crippen molar-refractivity contribution in [2.45, 2.75) is 38.5 Å². The average molecular weight is 256 g/mol. The minimum Gasteiger partial charge on any atom is -0.0864 e. The second-order valence-electron chi connectivity index (χ2n) is 3.31. The molecule has 0 aromatic heterocycles. The molecule has 0 radical (unpaired) electrons. The highest BCUT2D eigenvalue weighted by Gasteiger charge is 2.15. The smallest absolute Gasteiger partial charge is 0.0471 e. The van der Waals surface area contributed by atoms with E-state index in [1.165, 1.54) is 22.9 Å². The number of halogens is 1. The largest absolute Gasteiger partial charge is 0.0864 e. The van der Waals surface area contributed by atoms with Crippen molar-refractivity contribution in [1.82, 2.24) is 0 Å². The first kappa shape index (κ1) is 9.95. The summed E-state index contributed by atoms with van der Waals surface area (Å²) in [5.74, 6) is 0. The molecule has 0 aromatic rings. The predicted molar refractivity (Wildman–Crippen MR) is 56.3 cm³/mol. The van der Waals surface area contributed by atoms with Crippen LogP contribution in [0.5, 0.6) is 0 Å². The summed E-state index contributed by atoms with van der Waals surface area (Å²) in [6.45, 7) is 7.30. The monoisotopic (exact) mass is 256 g/mol. The lowest BCUT2D eigenvalue weighted by Gasteiger charge is -2.18. The van der Waals surface area contributed by atoms with E-state index in [1.54, 1.807) is 0 Å². The summed E-state index contributed by atoms with van der Waals surface area (Å²) >= 11 is 2.47. The van der Waals surface area contributed by atoms with E-state index in [0.717, 1.165) is 0 Å². The molecule has 0 saturated carbocycles. The lowest BCUT2D eigenvalue weighted by molar-refractivity contribution is 1.06. The molecule has 0 rings (SSSR count). The summed E-state index contributed by atoms with van der Waals surface area (Å²) in [6.07, 6.45) is 1.44. The topological polar surface area (TPSA) is 0 Å². The van der Waals surface area contributed by atoms with Gasteiger partial charge < -0.3 is 0 Å². The molecular weight excluding hydrogens is 239 g/mol. The van der Waals surface area contributed by atoms with Crippen LogP contribution >= 0.6 is 22.6 Å². The molecule has 0 N–H and O–H groups in total. The van der Waals surface area contributed by atoms with E-state index in [1.807, 2.05) is 0 Å². The van der Waals surface area contributed by atoms with Gasteiger partial charge in [0.1, 0.15) is 0 Å². The standard InChI is InChI=1S/C7H17ISi/c1-4-9(2,3)7-5-6-8/h4-7H2,1-3H3. The van der Waals surface area contributed by atoms with Crippen molar-refractivity contribution in [3.63, 3.8) is 0 Å². The predicted octanol–water partition coefficient (Wildman–Crippen LogP) is 3.54. The third-order valence-electron chi connectivity index (χ3n) is 1.94. The van der Waals surface area contributed by atoms with Crippen LogP contribution in [0.4, 0.5) is 0 Å². The first-order valence-corrected chi connectivity index (χ1v) is 8.62. The Labute approximate surface area is 73.6 Å². The van der Waals surface area contributed by atoms with Crippen LogP contribution in [0.1, 0.15) is 13.3 Å². The molecular formula is C7H17ISi. The molecule has 0 unspecified atom stereocenters. The Hall–Kier alpha value is 0.947. The number of alkyl halides is 1. The summed E-state index contributed by atoms with van der Waals surface area (Å²) in [5.41, 5.74) is 0. The van der Waals surface area contributed by atoms with Crippen molar-refractivity contribution < 1.29 is 0 Å². The van der Waals surface area contributed by atoms with Crippen LogP contribution in [0.3, 0.4) is 0 Å². The van der Waals surface area contributed by atoms with Crippen LogP contribution in [0, 0.1) is 0 Å². The molecule has 0 bridgehead atoms. The Bertz CT molecular complexity index is 71.3. The van der Waals surface area contributed by atoms with Gasteiger partial charge in [-0.25, -0.2) is 0 Å². The molecule has 0 aliphatic heterocycles. The first-order chi connectivity index (χ1) is 4.12. The molecule has 9 heavy (non-hydrogen) atoms. The van der Waals surface area contributed by atoms with Crippen LogP contribution in [0.25, 0.3) is 0 Å². The fourth-order valence-corrected chi connectivity index (χ4v) is 3.31. The minimum atomic E-state index is -0.703. The van der Waals surface area contributed by atoms with Gasteiger partial charge in [0.05, 0.1) is 0 Å². The van der Waals surface area contributed by atoms with Crippen molar-refractivity contribution in [1.29, 1.82) is 0 Å². The molecule has 0 fully saturated rings. The third-order valence-corrected chi connectivity index (χ3v) is 6.33. The Kier molecular flexibility index (Phi) is 5.21. The van der Waals surface area contributed by atoms with Crippen molar-refractivity contribution in [3.05, 3.63) is 0 Å². The van der Waals surface area contributed by atoms with E-state index in [4.69, 9.17) is 0 Å². The van der Waals surface area contributed by atoms with E-state index in [9.17, 15) is 0 Å². The van der Waals surface area contributed by atoms with Gasteiger partial charge in [0.25, 0.3) is 0 Å². The van der Waals surface area contributed by atoms with Gasteiger partial charge in [-0.2, -0.15) is 0 Å². The Morgan fingerprint density at radius 1 is 1.33 bits per heavy atom. The van der Waals surface area contributed by atoms with Gasteiger partial charge in [-0.3, -0.25) is 0 Å². The van der Waals surface area contributed by atoms with Gasteiger partial charge in [-0.15, -0.1) is 0 Å². The van der Waals surface area contributed by atoms with E-state index < -0.39 is 8.07 Å². The molecule has 0 nitrogen and oxygen atoms in total. The van der Waals surface area contributed by atoms with E-state index in [2.05, 4.69) is 42.6 Å². The van der Waals surface area contributed by atoms with Crippen molar-refractivity contribution >= 4 is 30.7 Å². The summed E-state index contributed by atoms with van der Waals surface area (Å²) in [6, 6.07) is 2.97. The fraction of sp³-hybridized carbons (Fsp3) is 1.00. The van der Waals surface area contributed by atoms with Gasteiger partial charge >= 0.3 is 0 Å². The van der Waals surface area contributed by atoms with Crippen LogP contribution < -0.4 is 0 Å². The van der Waals surface area contributed by atoms with Crippen LogP contribution in [-0.2, 0) is 0 Å². The molecule has 0 aromatic carbocycles. The van der Waals surface area contributed by atoms with Crippen LogP contribution in [-0.4, -0.2) is 12.5 Å². The molecule has 0 heterocycles. The summed E-state index contributed by atoms with van der Waals surface area (Å²) in [5, 5.41) is 0. The zero-order valence-corrected chi connectivity index (χ0v) is 9.86. The maximum absolute atomic E-state index is 2.49. The Morgan fingerprint density at radius 3 is 2.22 bits per heavy atom. The van der Waals surface area contributed by atoms with E-state index in [0.29, 0.717) is 0 Å². The Balaban J connectivity index is 3.33. The highest BCUT2D eigenvalue weighted by atomic mass is 127. The quantitative estimate of drug-likeness (QED) is 0.410. The van der Waals surface area contributed by atoms with Crippen molar-refractivity contribution in [2.75, 3.05) is 4.43 Å². The van der Waals surface area contributed by atoms with E-state index >= 15 is 0 Å². The Morgan fingerprint density at radius 2 is 1.89 bits per heavy atom. The van der Waals surface area contributed by atoms with Gasteiger partial charge in [-0.1, -0.05) is 54.7 Å². The van der Waals surface area contributed by atoms with Crippen LogP contribution in [0.15, 0.2) is 0 Å². The summed E-state index contributed by atoms with van der Waals surface area (Å²) < 4.78 is 1.34. The lowest BCUT2D eigenvalue weighted by atomic mass is 10.6. The highest BCUT2D eigenvalue weighted by molar-refractivity contribution is 14.1. The summed E-state index contributed by atoms with van der Waals surface area (Å²) in [7, 11) is -0.703. The summed E-state index contributed by atoms with van der Waals surface area (Å²) in [4.78, 5) is 0. The molecule has 2 heteroatoms. The number of hydrogen-bond donors (Lipinski definition) is 0. The van der Waals surface area contributed by atoms with Gasteiger partial charge in [0, 0.05) is 8.07 Å². The SMILES string of the molecule is CC[Si](C)(C)CCCI.